The van der Waals surface area contributed by atoms with Gasteiger partial charge in [0.05, 0.1) is 5.52 Å². The van der Waals surface area contributed by atoms with Gasteiger partial charge in [0.2, 0.25) is 11.8 Å². The lowest BCUT2D eigenvalue weighted by Crippen LogP contribution is -2.43. The average Bonchev–Trinajstić information content (AvgIpc) is 2.74. The molecule has 2 heterocycles. The van der Waals surface area contributed by atoms with Gasteiger partial charge >= 0.3 is 5.76 Å². The molecule has 1 atom stereocenters. The van der Waals surface area contributed by atoms with Gasteiger partial charge in [-0.05, 0) is 17.9 Å². The number of oxazole rings is 1. The minimum absolute atomic E-state index is 0.188. The lowest BCUT2D eigenvalue weighted by atomic mass is 9.86. The lowest BCUT2D eigenvalue weighted by Gasteiger charge is -2.22. The van der Waals surface area contributed by atoms with Crippen LogP contribution in [0, 0.1) is 0 Å². The summed E-state index contributed by atoms with van der Waals surface area (Å²) in [6.45, 7) is 6.10. The minimum Gasteiger partial charge on any atom is -0.407 e. The van der Waals surface area contributed by atoms with Crippen LogP contribution in [0.15, 0.2) is 27.4 Å². The number of benzene rings is 1. The van der Waals surface area contributed by atoms with E-state index in [0.29, 0.717) is 17.5 Å². The third kappa shape index (κ3) is 2.24. The average molecular weight is 302 g/mol. The predicted octanol–water partition coefficient (Wildman–Crippen LogP) is 1.87. The van der Waals surface area contributed by atoms with E-state index in [-0.39, 0.29) is 17.7 Å². The van der Waals surface area contributed by atoms with Gasteiger partial charge in [-0.25, -0.2) is 4.79 Å². The molecule has 6 heteroatoms. The van der Waals surface area contributed by atoms with Crippen LogP contribution in [0.1, 0.15) is 45.2 Å². The summed E-state index contributed by atoms with van der Waals surface area (Å²) < 4.78 is 6.78. The number of amides is 2. The van der Waals surface area contributed by atoms with E-state index in [1.165, 1.54) is 4.57 Å². The molecule has 0 radical (unpaired) electrons. The molecule has 6 nitrogen and oxygen atoms in total. The first-order valence-corrected chi connectivity index (χ1v) is 7.27. The predicted molar refractivity (Wildman–Crippen MR) is 80.6 cm³/mol. The van der Waals surface area contributed by atoms with E-state index in [1.54, 1.807) is 6.07 Å². The van der Waals surface area contributed by atoms with E-state index >= 15 is 0 Å². The first-order chi connectivity index (χ1) is 10.3. The number of hydrogen-bond acceptors (Lipinski definition) is 4. The highest BCUT2D eigenvalue weighted by Gasteiger charge is 2.32. The third-order valence-corrected chi connectivity index (χ3v) is 3.97. The highest BCUT2D eigenvalue weighted by molar-refractivity contribution is 6.00. The highest BCUT2D eigenvalue weighted by atomic mass is 16.4. The summed E-state index contributed by atoms with van der Waals surface area (Å²) in [4.78, 5) is 35.6. The lowest BCUT2D eigenvalue weighted by molar-refractivity contribution is -0.135. The second-order valence-corrected chi connectivity index (χ2v) is 6.61. The summed E-state index contributed by atoms with van der Waals surface area (Å²) in [5, 5.41) is 2.28. The highest BCUT2D eigenvalue weighted by Crippen LogP contribution is 2.31. The quantitative estimate of drug-likeness (QED) is 0.815. The van der Waals surface area contributed by atoms with Gasteiger partial charge in [-0.2, -0.15) is 0 Å². The maximum atomic E-state index is 12.3. The Morgan fingerprint density at radius 2 is 1.95 bits per heavy atom. The number of para-hydroxylation sites is 1. The fourth-order valence-corrected chi connectivity index (χ4v) is 2.87. The maximum Gasteiger partial charge on any atom is 0.420 e. The van der Waals surface area contributed by atoms with Crippen molar-refractivity contribution in [3.05, 3.63) is 34.3 Å². The molecule has 1 fully saturated rings. The zero-order chi connectivity index (χ0) is 16.1. The topological polar surface area (TPSA) is 81.3 Å². The smallest absolute Gasteiger partial charge is 0.407 e. The second-order valence-electron chi connectivity index (χ2n) is 6.61. The maximum absolute atomic E-state index is 12.3. The first-order valence-electron chi connectivity index (χ1n) is 7.27. The van der Waals surface area contributed by atoms with Crippen LogP contribution in [0.3, 0.4) is 0 Å². The summed E-state index contributed by atoms with van der Waals surface area (Å²) in [5.74, 6) is -1.33. The van der Waals surface area contributed by atoms with E-state index in [1.807, 2.05) is 32.9 Å². The number of hydrogen-bond donors (Lipinski definition) is 1. The van der Waals surface area contributed by atoms with Crippen LogP contribution >= 0.6 is 0 Å². The van der Waals surface area contributed by atoms with Crippen LogP contribution in [-0.2, 0) is 15.0 Å². The Labute approximate surface area is 127 Å². The SMILES string of the molecule is CC(C)(C)c1cccc2c1oc(=O)n2C1CCC(=O)NC1=O. The molecule has 0 aliphatic carbocycles. The summed E-state index contributed by atoms with van der Waals surface area (Å²) in [7, 11) is 0. The molecule has 0 saturated carbocycles. The summed E-state index contributed by atoms with van der Waals surface area (Å²) in [6.07, 6.45) is 0.521. The van der Waals surface area contributed by atoms with Gasteiger partial charge in [-0.15, -0.1) is 0 Å². The molecule has 2 amide bonds. The molecule has 1 saturated heterocycles. The van der Waals surface area contributed by atoms with Crippen molar-refractivity contribution in [1.29, 1.82) is 0 Å². The minimum atomic E-state index is -0.707. The van der Waals surface area contributed by atoms with Crippen LogP contribution in [0.2, 0.25) is 0 Å². The van der Waals surface area contributed by atoms with E-state index in [4.69, 9.17) is 4.42 Å². The Bertz CT molecular complexity index is 823. The van der Waals surface area contributed by atoms with Crippen LogP contribution in [0.4, 0.5) is 0 Å². The summed E-state index contributed by atoms with van der Waals surface area (Å²) in [5.41, 5.74) is 1.82. The van der Waals surface area contributed by atoms with Gasteiger partial charge in [0.25, 0.3) is 0 Å². The molecule has 3 rings (SSSR count). The zero-order valence-electron chi connectivity index (χ0n) is 12.8. The largest absolute Gasteiger partial charge is 0.420 e. The molecular formula is C16H18N2O4. The van der Waals surface area contributed by atoms with E-state index < -0.39 is 17.7 Å². The number of nitrogens with zero attached hydrogens (tertiary/aromatic N) is 1. The van der Waals surface area contributed by atoms with E-state index in [0.717, 1.165) is 5.56 Å². The molecule has 1 aliphatic rings. The fourth-order valence-electron chi connectivity index (χ4n) is 2.87. The normalized spacial score (nSPS) is 19.5. The third-order valence-electron chi connectivity index (χ3n) is 3.97. The van der Waals surface area contributed by atoms with Gasteiger partial charge in [0, 0.05) is 12.0 Å². The van der Waals surface area contributed by atoms with Crippen molar-refractivity contribution in [2.45, 2.75) is 45.1 Å². The van der Waals surface area contributed by atoms with Crippen molar-refractivity contribution < 1.29 is 14.0 Å². The van der Waals surface area contributed by atoms with Crippen molar-refractivity contribution in [2.24, 2.45) is 0 Å². The Kier molecular flexibility index (Phi) is 3.20. The van der Waals surface area contributed by atoms with Gasteiger partial charge in [-0.1, -0.05) is 32.9 Å². The number of nitrogens with one attached hydrogen (secondary N) is 1. The molecule has 1 aromatic heterocycles. The van der Waals surface area contributed by atoms with E-state index in [2.05, 4.69) is 5.32 Å². The monoisotopic (exact) mass is 302 g/mol. The van der Waals surface area contributed by atoms with Gasteiger partial charge < -0.3 is 4.42 Å². The molecule has 1 aliphatic heterocycles. The Hall–Kier alpha value is -2.37. The van der Waals surface area contributed by atoms with Crippen molar-refractivity contribution in [3.8, 4) is 0 Å². The Morgan fingerprint density at radius 1 is 1.23 bits per heavy atom. The Balaban J connectivity index is 2.20. The molecule has 1 N–H and O–H groups in total. The van der Waals surface area contributed by atoms with Crippen LogP contribution in [0.5, 0.6) is 0 Å². The summed E-state index contributed by atoms with van der Waals surface area (Å²) in [6, 6.07) is 4.82. The number of rotatable bonds is 1. The van der Waals surface area contributed by atoms with Crippen molar-refractivity contribution >= 4 is 22.9 Å². The van der Waals surface area contributed by atoms with Gasteiger partial charge in [0.15, 0.2) is 5.58 Å². The second kappa shape index (κ2) is 4.83. The Morgan fingerprint density at radius 3 is 2.59 bits per heavy atom. The molecule has 0 bridgehead atoms. The number of carbonyl (C=O) groups excluding carboxylic acids is 2. The molecule has 22 heavy (non-hydrogen) atoms. The standard InChI is InChI=1S/C16H18N2O4/c1-16(2,3)9-5-4-6-10-13(9)22-15(21)18(10)11-7-8-12(19)17-14(11)20/h4-6,11H,7-8H2,1-3H3,(H,17,19,20). The molecule has 1 aromatic carbocycles. The van der Waals surface area contributed by atoms with Crippen LogP contribution < -0.4 is 11.1 Å². The van der Waals surface area contributed by atoms with E-state index in [9.17, 15) is 14.4 Å². The number of imide groups is 1. The van der Waals surface area contributed by atoms with Gasteiger partial charge in [-0.3, -0.25) is 19.5 Å². The zero-order valence-corrected chi connectivity index (χ0v) is 12.8. The molecule has 2 aromatic rings. The van der Waals surface area contributed by atoms with Crippen molar-refractivity contribution in [3.63, 3.8) is 0 Å². The number of piperidine rings is 1. The van der Waals surface area contributed by atoms with Crippen LogP contribution in [-0.4, -0.2) is 16.4 Å². The molecule has 0 spiro atoms. The van der Waals surface area contributed by atoms with Crippen molar-refractivity contribution in [2.75, 3.05) is 0 Å². The fraction of sp³-hybridized carbons (Fsp3) is 0.438. The van der Waals surface area contributed by atoms with Crippen LogP contribution in [0.25, 0.3) is 11.1 Å². The molecular weight excluding hydrogens is 284 g/mol. The first kappa shape index (κ1) is 14.6. The molecule has 1 unspecified atom stereocenters. The molecule has 116 valence electrons. The number of carbonyl (C=O) groups is 2. The summed E-state index contributed by atoms with van der Waals surface area (Å²) >= 11 is 0. The van der Waals surface area contributed by atoms with Crippen molar-refractivity contribution in [1.82, 2.24) is 9.88 Å². The number of aromatic nitrogens is 1. The van der Waals surface area contributed by atoms with Gasteiger partial charge in [0.1, 0.15) is 6.04 Å². The number of fused-ring (bicyclic) bond motifs is 1.